The van der Waals surface area contributed by atoms with Crippen molar-refractivity contribution in [2.24, 2.45) is 5.92 Å². The third-order valence-corrected chi connectivity index (χ3v) is 6.72. The maximum atomic E-state index is 12.5. The molecule has 1 amide bonds. The number of aryl methyl sites for hydroxylation is 2. The van der Waals surface area contributed by atoms with Crippen LogP contribution in [-0.4, -0.2) is 37.5 Å². The summed E-state index contributed by atoms with van der Waals surface area (Å²) in [7, 11) is -3.15. The van der Waals surface area contributed by atoms with Gasteiger partial charge in [0, 0.05) is 19.0 Å². The standard InChI is InChI=1S/C18H28N2O3S/c1-5-24(22,23)20-10-8-16(9-11-20)18(21)19-15(4)17-12-13(2)6-7-14(17)3/h6-7,12,15-16H,5,8-11H2,1-4H3,(H,19,21). The van der Waals surface area contributed by atoms with Gasteiger partial charge in [-0.1, -0.05) is 23.8 Å². The summed E-state index contributed by atoms with van der Waals surface area (Å²) in [6.45, 7) is 8.61. The Kier molecular flexibility index (Phi) is 6.04. The van der Waals surface area contributed by atoms with E-state index in [0.717, 1.165) is 11.1 Å². The van der Waals surface area contributed by atoms with E-state index in [-0.39, 0.29) is 23.6 Å². The Morgan fingerprint density at radius 2 is 1.92 bits per heavy atom. The van der Waals surface area contributed by atoms with Crippen molar-refractivity contribution >= 4 is 15.9 Å². The van der Waals surface area contributed by atoms with Crippen molar-refractivity contribution in [3.05, 3.63) is 34.9 Å². The highest BCUT2D eigenvalue weighted by Crippen LogP contribution is 2.23. The third-order valence-electron chi connectivity index (χ3n) is 4.84. The number of sulfonamides is 1. The number of carbonyl (C=O) groups excluding carboxylic acids is 1. The third kappa shape index (κ3) is 4.36. The predicted octanol–water partition coefficient (Wildman–Crippen LogP) is 2.54. The van der Waals surface area contributed by atoms with Crippen LogP contribution in [0, 0.1) is 19.8 Å². The summed E-state index contributed by atoms with van der Waals surface area (Å²) in [6.07, 6.45) is 1.18. The Hall–Kier alpha value is -1.40. The first-order chi connectivity index (χ1) is 11.2. The van der Waals surface area contributed by atoms with Gasteiger partial charge in [-0.15, -0.1) is 0 Å². The van der Waals surface area contributed by atoms with Gasteiger partial charge < -0.3 is 5.32 Å². The van der Waals surface area contributed by atoms with Gasteiger partial charge in [-0.3, -0.25) is 4.79 Å². The van der Waals surface area contributed by atoms with Gasteiger partial charge in [-0.05, 0) is 51.7 Å². The van der Waals surface area contributed by atoms with Crippen molar-refractivity contribution in [1.82, 2.24) is 9.62 Å². The van der Waals surface area contributed by atoms with E-state index >= 15 is 0 Å². The molecule has 0 saturated carbocycles. The van der Waals surface area contributed by atoms with E-state index in [1.807, 2.05) is 20.8 Å². The van der Waals surface area contributed by atoms with E-state index in [9.17, 15) is 13.2 Å². The highest BCUT2D eigenvalue weighted by Gasteiger charge is 2.30. The van der Waals surface area contributed by atoms with Crippen LogP contribution in [0.25, 0.3) is 0 Å². The lowest BCUT2D eigenvalue weighted by molar-refractivity contribution is -0.126. The minimum atomic E-state index is -3.15. The molecule has 5 nitrogen and oxygen atoms in total. The molecule has 2 rings (SSSR count). The summed E-state index contributed by atoms with van der Waals surface area (Å²) < 4.78 is 25.3. The minimum Gasteiger partial charge on any atom is -0.349 e. The smallest absolute Gasteiger partial charge is 0.223 e. The fraction of sp³-hybridized carbons (Fsp3) is 0.611. The molecule has 1 saturated heterocycles. The van der Waals surface area contributed by atoms with Gasteiger partial charge in [-0.25, -0.2) is 12.7 Å². The van der Waals surface area contributed by atoms with Crippen molar-refractivity contribution in [2.45, 2.75) is 46.6 Å². The number of nitrogens with one attached hydrogen (secondary N) is 1. The van der Waals surface area contributed by atoms with Crippen LogP contribution in [0.5, 0.6) is 0 Å². The summed E-state index contributed by atoms with van der Waals surface area (Å²) in [5.74, 6) is 0.0332. The highest BCUT2D eigenvalue weighted by molar-refractivity contribution is 7.89. The summed E-state index contributed by atoms with van der Waals surface area (Å²) in [5.41, 5.74) is 3.47. The number of amides is 1. The number of piperidine rings is 1. The van der Waals surface area contributed by atoms with Crippen molar-refractivity contribution in [3.8, 4) is 0 Å². The Labute approximate surface area is 145 Å². The van der Waals surface area contributed by atoms with Crippen LogP contribution >= 0.6 is 0 Å². The minimum absolute atomic E-state index is 0.0250. The van der Waals surface area contributed by atoms with E-state index in [1.54, 1.807) is 6.92 Å². The van der Waals surface area contributed by atoms with Crippen LogP contribution in [0.1, 0.15) is 49.4 Å². The van der Waals surface area contributed by atoms with E-state index in [0.29, 0.717) is 25.9 Å². The SMILES string of the molecule is CCS(=O)(=O)N1CCC(C(=O)NC(C)c2cc(C)ccc2C)CC1. The average Bonchev–Trinajstić information content (AvgIpc) is 2.57. The van der Waals surface area contributed by atoms with Crippen LogP contribution in [-0.2, 0) is 14.8 Å². The molecule has 6 heteroatoms. The lowest BCUT2D eigenvalue weighted by Gasteiger charge is -2.31. The molecule has 1 heterocycles. The average molecular weight is 353 g/mol. The second kappa shape index (κ2) is 7.66. The van der Waals surface area contributed by atoms with Crippen LogP contribution in [0.4, 0.5) is 0 Å². The summed E-state index contributed by atoms with van der Waals surface area (Å²) in [5, 5.41) is 3.09. The van der Waals surface area contributed by atoms with Gasteiger partial charge in [0.15, 0.2) is 0 Å². The van der Waals surface area contributed by atoms with Gasteiger partial charge in [0.1, 0.15) is 0 Å². The van der Waals surface area contributed by atoms with Crippen molar-refractivity contribution in [1.29, 1.82) is 0 Å². The molecule has 1 atom stereocenters. The second-order valence-electron chi connectivity index (χ2n) is 6.66. The molecule has 0 aliphatic carbocycles. The molecule has 1 N–H and O–H groups in total. The Morgan fingerprint density at radius 3 is 2.50 bits per heavy atom. The molecule has 1 aromatic rings. The summed E-state index contributed by atoms with van der Waals surface area (Å²) in [6, 6.07) is 6.20. The lowest BCUT2D eigenvalue weighted by Crippen LogP contribution is -2.43. The predicted molar refractivity (Wildman–Crippen MR) is 96.2 cm³/mol. The number of benzene rings is 1. The molecule has 1 unspecified atom stereocenters. The van der Waals surface area contributed by atoms with Gasteiger partial charge in [0.2, 0.25) is 15.9 Å². The maximum absolute atomic E-state index is 12.5. The summed E-state index contributed by atoms with van der Waals surface area (Å²) >= 11 is 0. The molecule has 24 heavy (non-hydrogen) atoms. The zero-order valence-corrected chi connectivity index (χ0v) is 15.8. The normalized spacial score (nSPS) is 18.3. The zero-order valence-electron chi connectivity index (χ0n) is 15.0. The molecule has 0 radical (unpaired) electrons. The molecule has 1 fully saturated rings. The number of rotatable bonds is 5. The van der Waals surface area contributed by atoms with Crippen molar-refractivity contribution < 1.29 is 13.2 Å². The Bertz CT molecular complexity index is 692. The quantitative estimate of drug-likeness (QED) is 0.885. The monoisotopic (exact) mass is 352 g/mol. The number of hydrogen-bond donors (Lipinski definition) is 1. The number of hydrogen-bond acceptors (Lipinski definition) is 3. The first kappa shape index (κ1) is 18.9. The second-order valence-corrected chi connectivity index (χ2v) is 8.92. The van der Waals surface area contributed by atoms with Crippen molar-refractivity contribution in [3.63, 3.8) is 0 Å². The van der Waals surface area contributed by atoms with Crippen LogP contribution in [0.2, 0.25) is 0 Å². The largest absolute Gasteiger partial charge is 0.349 e. The van der Waals surface area contributed by atoms with E-state index in [1.165, 1.54) is 9.87 Å². The molecular formula is C18H28N2O3S. The van der Waals surface area contributed by atoms with Gasteiger partial charge >= 0.3 is 0 Å². The van der Waals surface area contributed by atoms with Crippen molar-refractivity contribution in [2.75, 3.05) is 18.8 Å². The molecule has 0 bridgehead atoms. The molecule has 0 spiro atoms. The fourth-order valence-electron chi connectivity index (χ4n) is 3.21. The van der Waals surface area contributed by atoms with Gasteiger partial charge in [-0.2, -0.15) is 0 Å². The number of carbonyl (C=O) groups is 1. The van der Waals surface area contributed by atoms with Crippen LogP contribution < -0.4 is 5.32 Å². The van der Waals surface area contributed by atoms with E-state index in [2.05, 4.69) is 23.5 Å². The van der Waals surface area contributed by atoms with Crippen LogP contribution in [0.15, 0.2) is 18.2 Å². The maximum Gasteiger partial charge on any atom is 0.223 e. The molecule has 0 aromatic heterocycles. The zero-order chi connectivity index (χ0) is 17.9. The van der Waals surface area contributed by atoms with E-state index in [4.69, 9.17) is 0 Å². The highest BCUT2D eigenvalue weighted by atomic mass is 32.2. The molecule has 1 aliphatic rings. The Morgan fingerprint density at radius 1 is 1.29 bits per heavy atom. The van der Waals surface area contributed by atoms with Gasteiger partial charge in [0.25, 0.3) is 0 Å². The van der Waals surface area contributed by atoms with Gasteiger partial charge in [0.05, 0.1) is 11.8 Å². The topological polar surface area (TPSA) is 66.5 Å². The van der Waals surface area contributed by atoms with Crippen LogP contribution in [0.3, 0.4) is 0 Å². The Balaban J connectivity index is 1.95. The lowest BCUT2D eigenvalue weighted by atomic mass is 9.95. The summed E-state index contributed by atoms with van der Waals surface area (Å²) in [4.78, 5) is 12.5. The van der Waals surface area contributed by atoms with E-state index < -0.39 is 10.0 Å². The molecule has 1 aromatic carbocycles. The first-order valence-corrected chi connectivity index (χ1v) is 10.2. The molecule has 134 valence electrons. The number of nitrogens with zero attached hydrogens (tertiary/aromatic N) is 1. The molecular weight excluding hydrogens is 324 g/mol. The molecule has 1 aliphatic heterocycles. The fourth-order valence-corrected chi connectivity index (χ4v) is 4.35. The first-order valence-electron chi connectivity index (χ1n) is 8.60.